The van der Waals surface area contributed by atoms with Gasteiger partial charge >= 0.3 is 0 Å². The Morgan fingerprint density at radius 1 is 0.922 bits per heavy atom. The summed E-state index contributed by atoms with van der Waals surface area (Å²) in [5, 5.41) is 63.6. The summed E-state index contributed by atoms with van der Waals surface area (Å²) in [5.41, 5.74) is 1.89. The van der Waals surface area contributed by atoms with Gasteiger partial charge < -0.3 is 69.0 Å². The molecule has 0 radical (unpaired) electrons. The van der Waals surface area contributed by atoms with Crippen molar-refractivity contribution in [2.75, 3.05) is 65.7 Å². The molecule has 24 nitrogen and oxygen atoms in total. The monoisotopic (exact) mass is 1200 g/mol. The highest BCUT2D eigenvalue weighted by atomic mass is 79.9. The van der Waals surface area contributed by atoms with E-state index in [0.29, 0.717) is 54.8 Å². The number of aromatic hydroxyl groups is 2. The van der Waals surface area contributed by atoms with Crippen LogP contribution in [0.15, 0.2) is 42.5 Å². The van der Waals surface area contributed by atoms with Gasteiger partial charge in [0.1, 0.15) is 29.5 Å². The second-order valence-electron chi connectivity index (χ2n) is 19.0. The maximum atomic E-state index is 14.2. The predicted molar refractivity (Wildman–Crippen MR) is 275 cm³/mol. The molecule has 3 saturated heterocycles. The molecule has 4 heterocycles. The summed E-state index contributed by atoms with van der Waals surface area (Å²) in [4.78, 5) is 62.5. The zero-order valence-electron chi connectivity index (χ0n) is 42.4. The number of nitrogens with one attached hydrogen (secondary N) is 3. The Bertz CT molecular complexity index is 2790. The van der Waals surface area contributed by atoms with Crippen molar-refractivity contribution in [2.24, 2.45) is 0 Å². The molecule has 3 amide bonds. The Morgan fingerprint density at radius 3 is 2.38 bits per heavy atom. The number of hydroxylamine groups is 1. The van der Waals surface area contributed by atoms with Crippen LogP contribution in [0.4, 0.5) is 5.69 Å². The van der Waals surface area contributed by atoms with Crippen LogP contribution in [0.25, 0.3) is 0 Å². The number of aromatic nitrogens is 3. The van der Waals surface area contributed by atoms with Gasteiger partial charge in [-0.25, -0.2) is 5.48 Å². The molecule has 3 aliphatic heterocycles. The Balaban J connectivity index is 0.794. The standard InChI is InChI=1S/C51H61Br2N7O17/c1-26-47-33(59-12-16-73-49(70-3)48(59)77-47)19-38(75-26)76-35-21-51(68,20-30-40(35)46(66)42-41(44(30)64)43(63)29-5-4-6-34(69-2)39(29)45(42)65)50(67)58-74-25-27-7-9-28(10-8-27)55-37(62)24-54-36(61)11-14-71-17-18-72-15-13-60-56-31(22-52)32(23-53)57-60/h4-10,26,33,35,38,45,47-49,64-66,68H,11-25H2,1-3H3,(H,54,61)(H,55,62)(H,58,67)/t26-,33-,35-,38-,45?,47+,48+,49-,51-/m0/s1. The van der Waals surface area contributed by atoms with Gasteiger partial charge in [-0.2, -0.15) is 15.0 Å². The number of rotatable bonds is 22. The van der Waals surface area contributed by atoms with Gasteiger partial charge in [0.15, 0.2) is 30.2 Å². The topological polar surface area (TPSA) is 302 Å². The number of phenols is 2. The fraction of sp³-hybridized carbons (Fsp3) is 0.529. The van der Waals surface area contributed by atoms with Gasteiger partial charge in [-0.1, -0.05) is 56.1 Å². The van der Waals surface area contributed by atoms with Crippen molar-refractivity contribution in [2.45, 2.75) is 111 Å². The molecule has 416 valence electrons. The minimum absolute atomic E-state index is 0.0278. The maximum absolute atomic E-state index is 14.2. The zero-order valence-corrected chi connectivity index (χ0v) is 45.6. The van der Waals surface area contributed by atoms with Gasteiger partial charge in [-0.05, 0) is 30.7 Å². The van der Waals surface area contributed by atoms with Gasteiger partial charge in [0.2, 0.25) is 11.8 Å². The highest BCUT2D eigenvalue weighted by molar-refractivity contribution is 9.09. The van der Waals surface area contributed by atoms with E-state index >= 15 is 0 Å². The van der Waals surface area contributed by atoms with E-state index in [1.807, 2.05) is 6.92 Å². The lowest BCUT2D eigenvalue weighted by molar-refractivity contribution is -0.256. The number of methoxy groups -OCH3 is 2. The zero-order chi connectivity index (χ0) is 54.5. The molecule has 0 spiro atoms. The first-order valence-electron chi connectivity index (χ1n) is 25.0. The first-order valence-corrected chi connectivity index (χ1v) is 27.3. The number of carbonyl (C=O) groups excluding carboxylic acids is 4. The van der Waals surface area contributed by atoms with Crippen LogP contribution in [0.5, 0.6) is 17.2 Å². The second kappa shape index (κ2) is 24.9. The van der Waals surface area contributed by atoms with Crippen LogP contribution in [-0.4, -0.2) is 167 Å². The van der Waals surface area contributed by atoms with E-state index in [2.05, 4.69) is 63.1 Å². The normalized spacial score (nSPS) is 25.5. The number of alkyl halides is 2. The molecule has 9 rings (SSSR count). The molecule has 0 bridgehead atoms. The van der Waals surface area contributed by atoms with Gasteiger partial charge in [-0.15, -0.1) is 0 Å². The number of fused-ring (bicyclic) bond motifs is 6. The van der Waals surface area contributed by atoms with Gasteiger partial charge in [0, 0.05) is 89.5 Å². The molecular weight excluding hydrogens is 1140 g/mol. The van der Waals surface area contributed by atoms with E-state index in [4.69, 9.17) is 42.7 Å². The third-order valence-electron chi connectivity index (χ3n) is 14.2. The minimum atomic E-state index is -2.37. The van der Waals surface area contributed by atoms with Gasteiger partial charge in [-0.3, -0.25) is 28.9 Å². The third kappa shape index (κ3) is 12.0. The van der Waals surface area contributed by atoms with Crippen LogP contribution >= 0.6 is 31.9 Å². The SMILES string of the molecule is COc1cccc2c1C(O)c1c(O)c3c(c(O)c1C2=O)C[C@@](O)(C(=O)NOCc1ccc(NC(=O)CNC(=O)CCOCCOCCn2nc(CBr)c(CBr)n2)cc1)C[C@@H]3O[C@H]1C[C@H]2[C@H](O[C@@H]3[C@@H](OC)OCCN32)[C@H](C)O1. The van der Waals surface area contributed by atoms with Gasteiger partial charge in [0.05, 0.1) is 89.0 Å². The first-order chi connectivity index (χ1) is 37.2. The molecule has 1 aromatic heterocycles. The Hall–Kier alpha value is -5.20. The summed E-state index contributed by atoms with van der Waals surface area (Å²) >= 11 is 6.80. The van der Waals surface area contributed by atoms with E-state index in [9.17, 15) is 39.6 Å². The molecule has 5 aliphatic rings. The van der Waals surface area contributed by atoms with Crippen LogP contribution in [0.1, 0.15) is 93.5 Å². The summed E-state index contributed by atoms with van der Waals surface area (Å²) in [6.45, 7) is 3.93. The van der Waals surface area contributed by atoms with Crippen LogP contribution < -0.4 is 20.9 Å². The van der Waals surface area contributed by atoms with Crippen molar-refractivity contribution in [1.82, 2.24) is 30.7 Å². The number of nitrogens with zero attached hydrogens (tertiary/aromatic N) is 4. The Labute approximate surface area is 459 Å². The number of carbonyl (C=O) groups is 4. The number of benzene rings is 3. The lowest BCUT2D eigenvalue weighted by atomic mass is 9.72. The fourth-order valence-corrected chi connectivity index (χ4v) is 11.3. The largest absolute Gasteiger partial charge is 0.507 e. The number of hydrogen-bond donors (Lipinski definition) is 7. The quantitative estimate of drug-likeness (QED) is 0.0258. The number of phenolic OH excluding ortho intramolecular Hbond substituents is 2. The molecule has 26 heteroatoms. The maximum Gasteiger partial charge on any atom is 0.275 e. The van der Waals surface area contributed by atoms with Crippen molar-refractivity contribution in [3.05, 3.63) is 92.8 Å². The number of amides is 3. The molecule has 3 aromatic carbocycles. The number of ether oxygens (including phenoxy) is 8. The molecule has 7 N–H and O–H groups in total. The van der Waals surface area contributed by atoms with Crippen molar-refractivity contribution in [3.8, 4) is 17.2 Å². The molecule has 9 atom stereocenters. The number of aliphatic hydroxyl groups is 2. The Morgan fingerprint density at radius 2 is 1.66 bits per heavy atom. The van der Waals surface area contributed by atoms with E-state index in [1.54, 1.807) is 41.2 Å². The van der Waals surface area contributed by atoms with E-state index in [1.165, 1.54) is 20.3 Å². The highest BCUT2D eigenvalue weighted by Gasteiger charge is 2.55. The fourth-order valence-electron chi connectivity index (χ4n) is 10.5. The summed E-state index contributed by atoms with van der Waals surface area (Å²) in [5.74, 6) is -3.62. The lowest BCUT2D eigenvalue weighted by Gasteiger charge is -2.43. The number of morpholine rings is 1. The van der Waals surface area contributed by atoms with Crippen molar-refractivity contribution < 1.29 is 82.3 Å². The summed E-state index contributed by atoms with van der Waals surface area (Å²) in [6, 6.07) is 10.8. The predicted octanol–water partition coefficient (Wildman–Crippen LogP) is 2.81. The van der Waals surface area contributed by atoms with Crippen LogP contribution in [0.2, 0.25) is 0 Å². The second-order valence-corrected chi connectivity index (χ2v) is 20.1. The minimum Gasteiger partial charge on any atom is -0.507 e. The number of halogens is 2. The average Bonchev–Trinajstić information content (AvgIpc) is 4.04. The Kier molecular flexibility index (Phi) is 18.2. The molecule has 2 aliphatic carbocycles. The first kappa shape index (κ1) is 56.5. The van der Waals surface area contributed by atoms with Crippen LogP contribution in [-0.2, 0) is 82.6 Å². The van der Waals surface area contributed by atoms with E-state index in [-0.39, 0.29) is 90.8 Å². The van der Waals surface area contributed by atoms with E-state index in [0.717, 1.165) is 11.4 Å². The van der Waals surface area contributed by atoms with Crippen LogP contribution in [0.3, 0.4) is 0 Å². The highest BCUT2D eigenvalue weighted by Crippen LogP contribution is 2.55. The molecular formula is C51H61Br2N7O17. The molecule has 1 unspecified atom stereocenters. The number of ketones is 1. The number of anilines is 1. The van der Waals surface area contributed by atoms with Crippen molar-refractivity contribution in [1.29, 1.82) is 0 Å². The third-order valence-corrected chi connectivity index (χ3v) is 15.3. The lowest BCUT2D eigenvalue weighted by Crippen LogP contribution is -2.55. The smallest absolute Gasteiger partial charge is 0.275 e. The van der Waals surface area contributed by atoms with Gasteiger partial charge in [0.25, 0.3) is 5.91 Å². The summed E-state index contributed by atoms with van der Waals surface area (Å²) < 4.78 is 47.2. The summed E-state index contributed by atoms with van der Waals surface area (Å²) in [6.07, 6.45) is -6.82. The average molecular weight is 1200 g/mol. The van der Waals surface area contributed by atoms with E-state index < -0.39 is 90.2 Å². The molecule has 3 fully saturated rings. The molecule has 0 saturated carbocycles. The van der Waals surface area contributed by atoms with Crippen molar-refractivity contribution in [3.63, 3.8) is 0 Å². The number of aliphatic hydroxyl groups excluding tert-OH is 1. The number of hydrogen-bond acceptors (Lipinski definition) is 20. The summed E-state index contributed by atoms with van der Waals surface area (Å²) in [7, 11) is 2.91. The van der Waals surface area contributed by atoms with Crippen molar-refractivity contribution >= 4 is 61.1 Å². The molecule has 4 aromatic rings. The molecule has 77 heavy (non-hydrogen) atoms. The van der Waals surface area contributed by atoms with Crippen LogP contribution in [0, 0.1) is 0 Å².